The summed E-state index contributed by atoms with van der Waals surface area (Å²) in [5.41, 5.74) is 7.76. The summed E-state index contributed by atoms with van der Waals surface area (Å²) < 4.78 is 0. The average Bonchev–Trinajstić information content (AvgIpc) is 1.64. The molecule has 0 saturated carbocycles. The van der Waals surface area contributed by atoms with Gasteiger partial charge in [-0.05, 0) is 6.92 Å². The molecule has 0 fully saturated rings. The van der Waals surface area contributed by atoms with Crippen molar-refractivity contribution in [2.45, 2.75) is 13.0 Å². The lowest BCUT2D eigenvalue weighted by molar-refractivity contribution is 0.878. The maximum Gasteiger partial charge on any atom is 0.210 e. The highest BCUT2D eigenvalue weighted by Gasteiger charge is 1.99. The van der Waals surface area contributed by atoms with Gasteiger partial charge in [0, 0.05) is 6.21 Å². The molecule has 0 aromatic rings. The normalized spacial score (nSPS) is 26.6. The fourth-order valence-electron chi connectivity index (χ4n) is 0.493. The number of hydrogen-bond donors (Lipinski definition) is 2. The number of hydrogen-bond acceptors (Lipinski definition) is 4. The smallest absolute Gasteiger partial charge is 0.210 e. The van der Waals surface area contributed by atoms with Gasteiger partial charge in [0.05, 0.1) is 6.04 Å². The molecule has 3 N–H and O–H groups in total. The number of nitrogens with two attached hydrogens (primary N) is 1. The van der Waals surface area contributed by atoms with Crippen LogP contribution in [0.1, 0.15) is 6.92 Å². The zero-order valence-electron chi connectivity index (χ0n) is 4.63. The minimum absolute atomic E-state index is 0.122. The molecule has 44 valence electrons. The topological polar surface area (TPSA) is 62.8 Å². The average molecular weight is 112 g/mol. The van der Waals surface area contributed by atoms with Crippen molar-refractivity contribution in [1.29, 1.82) is 0 Å². The Bertz CT molecular complexity index is 137. The number of rotatable bonds is 0. The molecule has 4 heteroatoms. The molecule has 1 aliphatic heterocycles. The summed E-state index contributed by atoms with van der Waals surface area (Å²) in [7, 11) is 0. The molecule has 0 saturated heterocycles. The zero-order chi connectivity index (χ0) is 5.98. The van der Waals surface area contributed by atoms with E-state index in [1.54, 1.807) is 6.21 Å². The Morgan fingerprint density at radius 1 is 1.88 bits per heavy atom. The molecule has 0 aliphatic carbocycles. The summed E-state index contributed by atoms with van der Waals surface area (Å²) >= 11 is 0. The van der Waals surface area contributed by atoms with E-state index in [9.17, 15) is 0 Å². The van der Waals surface area contributed by atoms with E-state index in [1.165, 1.54) is 0 Å². The molecule has 0 spiro atoms. The second kappa shape index (κ2) is 1.81. The lowest BCUT2D eigenvalue weighted by Gasteiger charge is -2.06. The van der Waals surface area contributed by atoms with Gasteiger partial charge < -0.3 is 5.73 Å². The molecule has 0 radical (unpaired) electrons. The predicted octanol–water partition coefficient (Wildman–Crippen LogP) is -0.721. The molecule has 0 amide bonds. The number of hydrazone groups is 1. The molecule has 4 nitrogen and oxygen atoms in total. The van der Waals surface area contributed by atoms with Crippen molar-refractivity contribution in [3.63, 3.8) is 0 Å². The highest BCUT2D eigenvalue weighted by molar-refractivity contribution is 5.83. The van der Waals surface area contributed by atoms with Crippen LogP contribution in [0.2, 0.25) is 0 Å². The van der Waals surface area contributed by atoms with E-state index in [1.807, 2.05) is 6.92 Å². The van der Waals surface area contributed by atoms with E-state index < -0.39 is 0 Å². The van der Waals surface area contributed by atoms with Crippen LogP contribution in [0.15, 0.2) is 10.1 Å². The van der Waals surface area contributed by atoms with Crippen LogP contribution in [-0.2, 0) is 0 Å². The number of nitrogens with one attached hydrogen (secondary N) is 1. The third-order valence-electron chi connectivity index (χ3n) is 0.812. The lowest BCUT2D eigenvalue weighted by atomic mass is 10.4. The van der Waals surface area contributed by atoms with Crippen LogP contribution < -0.4 is 11.2 Å². The van der Waals surface area contributed by atoms with Crippen molar-refractivity contribution in [3.05, 3.63) is 0 Å². The Kier molecular flexibility index (Phi) is 1.15. The van der Waals surface area contributed by atoms with Crippen LogP contribution in [0.3, 0.4) is 0 Å². The summed E-state index contributed by atoms with van der Waals surface area (Å²) in [5, 5.41) is 3.71. The van der Waals surface area contributed by atoms with Crippen LogP contribution in [0.4, 0.5) is 0 Å². The molecule has 8 heavy (non-hydrogen) atoms. The first-order valence-electron chi connectivity index (χ1n) is 2.41. The molecule has 1 rings (SSSR count). The van der Waals surface area contributed by atoms with Crippen molar-refractivity contribution in [2.24, 2.45) is 15.8 Å². The van der Waals surface area contributed by atoms with Gasteiger partial charge in [-0.25, -0.2) is 10.4 Å². The molecule has 1 unspecified atom stereocenters. The van der Waals surface area contributed by atoms with Crippen molar-refractivity contribution in [3.8, 4) is 0 Å². The molecule has 0 aromatic heterocycles. The van der Waals surface area contributed by atoms with Gasteiger partial charge >= 0.3 is 0 Å². The van der Waals surface area contributed by atoms with Crippen LogP contribution in [0.5, 0.6) is 0 Å². The van der Waals surface area contributed by atoms with Crippen molar-refractivity contribution < 1.29 is 0 Å². The van der Waals surface area contributed by atoms with E-state index >= 15 is 0 Å². The molecular weight excluding hydrogens is 104 g/mol. The Hall–Kier alpha value is -1.06. The number of aliphatic imine (C=N–C) groups is 1. The van der Waals surface area contributed by atoms with Crippen molar-refractivity contribution in [2.75, 3.05) is 0 Å². The largest absolute Gasteiger partial charge is 0.369 e. The quantitative estimate of drug-likeness (QED) is 0.434. The Morgan fingerprint density at radius 2 is 2.62 bits per heavy atom. The molecule has 1 atom stereocenters. The minimum Gasteiger partial charge on any atom is -0.369 e. The SMILES string of the molecule is CC1C=NNC(N)=N1. The van der Waals surface area contributed by atoms with Crippen LogP contribution in [0.25, 0.3) is 0 Å². The van der Waals surface area contributed by atoms with Crippen LogP contribution >= 0.6 is 0 Å². The monoisotopic (exact) mass is 112 g/mol. The van der Waals surface area contributed by atoms with Gasteiger partial charge in [-0.3, -0.25) is 0 Å². The van der Waals surface area contributed by atoms with Gasteiger partial charge in [0.15, 0.2) is 0 Å². The fourth-order valence-corrected chi connectivity index (χ4v) is 0.493. The second-order valence-electron chi connectivity index (χ2n) is 1.64. The van der Waals surface area contributed by atoms with E-state index in [4.69, 9.17) is 5.73 Å². The first kappa shape index (κ1) is 5.08. The Morgan fingerprint density at radius 3 is 3.00 bits per heavy atom. The number of guanidine groups is 1. The zero-order valence-corrected chi connectivity index (χ0v) is 4.63. The standard InChI is InChI=1S/C4H8N4/c1-3-2-6-8-4(5)7-3/h2-3H,1H3,(H3,5,7,8). The van der Waals surface area contributed by atoms with Gasteiger partial charge in [0.25, 0.3) is 0 Å². The first-order valence-corrected chi connectivity index (χ1v) is 2.41. The van der Waals surface area contributed by atoms with Gasteiger partial charge in [-0.15, -0.1) is 0 Å². The van der Waals surface area contributed by atoms with E-state index in [-0.39, 0.29) is 6.04 Å². The van der Waals surface area contributed by atoms with Gasteiger partial charge in [0.1, 0.15) is 0 Å². The first-order chi connectivity index (χ1) is 3.79. The van der Waals surface area contributed by atoms with E-state index in [2.05, 4.69) is 15.5 Å². The third-order valence-corrected chi connectivity index (χ3v) is 0.812. The second-order valence-corrected chi connectivity index (χ2v) is 1.64. The summed E-state index contributed by atoms with van der Waals surface area (Å²) in [4.78, 5) is 3.92. The lowest BCUT2D eigenvalue weighted by Crippen LogP contribution is -2.32. The fraction of sp³-hybridized carbons (Fsp3) is 0.500. The minimum atomic E-state index is 0.122. The van der Waals surface area contributed by atoms with Crippen molar-refractivity contribution in [1.82, 2.24) is 5.43 Å². The highest BCUT2D eigenvalue weighted by Crippen LogP contribution is 1.86. The van der Waals surface area contributed by atoms with Crippen LogP contribution in [-0.4, -0.2) is 18.2 Å². The van der Waals surface area contributed by atoms with Crippen LogP contribution in [0, 0.1) is 0 Å². The Labute approximate surface area is 47.5 Å². The van der Waals surface area contributed by atoms with Gasteiger partial charge in [-0.2, -0.15) is 5.10 Å². The molecular formula is C4H8N4. The van der Waals surface area contributed by atoms with Crippen molar-refractivity contribution >= 4 is 12.2 Å². The van der Waals surface area contributed by atoms with Gasteiger partial charge in [0.2, 0.25) is 5.96 Å². The maximum absolute atomic E-state index is 5.25. The highest BCUT2D eigenvalue weighted by atomic mass is 15.4. The molecule has 1 heterocycles. The Balaban J connectivity index is 2.60. The number of nitrogens with zero attached hydrogens (tertiary/aromatic N) is 2. The summed E-state index contributed by atoms with van der Waals surface area (Å²) in [5.74, 6) is 0.389. The van der Waals surface area contributed by atoms with E-state index in [0.717, 1.165) is 0 Å². The summed E-state index contributed by atoms with van der Waals surface area (Å²) in [6, 6.07) is 0.122. The van der Waals surface area contributed by atoms with E-state index in [0.29, 0.717) is 5.96 Å². The third kappa shape index (κ3) is 0.959. The summed E-state index contributed by atoms with van der Waals surface area (Å²) in [6.45, 7) is 1.91. The summed E-state index contributed by atoms with van der Waals surface area (Å²) in [6.07, 6.45) is 1.69. The molecule has 0 aromatic carbocycles. The predicted molar refractivity (Wildman–Crippen MR) is 32.7 cm³/mol. The molecule has 0 bridgehead atoms. The molecule has 1 aliphatic rings. The van der Waals surface area contributed by atoms with Gasteiger partial charge in [-0.1, -0.05) is 0 Å². The maximum atomic E-state index is 5.25.